The fraction of sp³-hybridized carbons (Fsp3) is 0.259. The fourth-order valence-electron chi connectivity index (χ4n) is 3.96. The molecular weight excluding hydrogens is 444 g/mol. The van der Waals surface area contributed by atoms with E-state index in [1.165, 1.54) is 0 Å². The predicted octanol–water partition coefficient (Wildman–Crippen LogP) is 4.19. The van der Waals surface area contributed by atoms with E-state index in [-0.39, 0.29) is 5.56 Å². The molecule has 0 saturated carbocycles. The van der Waals surface area contributed by atoms with Crippen LogP contribution in [0.1, 0.15) is 15.9 Å². The van der Waals surface area contributed by atoms with Crippen molar-refractivity contribution in [1.29, 1.82) is 0 Å². The molecule has 3 aromatic rings. The van der Waals surface area contributed by atoms with Crippen molar-refractivity contribution in [2.75, 3.05) is 50.6 Å². The predicted molar refractivity (Wildman–Crippen MR) is 138 cm³/mol. The Morgan fingerprint density at radius 2 is 1.57 bits per heavy atom. The van der Waals surface area contributed by atoms with Crippen LogP contribution in [0.25, 0.3) is 0 Å². The number of methoxy groups -OCH3 is 2. The largest absolute Gasteiger partial charge is 0.497 e. The van der Waals surface area contributed by atoms with Gasteiger partial charge in [-0.15, -0.1) is 0 Å². The minimum Gasteiger partial charge on any atom is -0.497 e. The summed E-state index contributed by atoms with van der Waals surface area (Å²) < 4.78 is 10.7. The average molecular weight is 475 g/mol. The van der Waals surface area contributed by atoms with Gasteiger partial charge in [-0.05, 0) is 54.1 Å². The Morgan fingerprint density at radius 1 is 0.914 bits per heavy atom. The van der Waals surface area contributed by atoms with Gasteiger partial charge >= 0.3 is 5.97 Å². The molecule has 0 radical (unpaired) electrons. The Labute approximate surface area is 205 Å². The van der Waals surface area contributed by atoms with Crippen molar-refractivity contribution in [2.45, 2.75) is 6.54 Å². The number of rotatable bonds is 7. The van der Waals surface area contributed by atoms with Gasteiger partial charge < -0.3 is 29.7 Å². The molecule has 182 valence electrons. The summed E-state index contributed by atoms with van der Waals surface area (Å²) in [5, 5.41) is 12.6. The Balaban J connectivity index is 1.50. The van der Waals surface area contributed by atoms with Gasteiger partial charge in [0.1, 0.15) is 11.5 Å². The Hall–Kier alpha value is -4.20. The Morgan fingerprint density at radius 3 is 2.23 bits per heavy atom. The number of hydrogen-bond donors (Lipinski definition) is 2. The van der Waals surface area contributed by atoms with Crippen molar-refractivity contribution in [2.24, 2.45) is 4.99 Å². The highest BCUT2D eigenvalue weighted by Crippen LogP contribution is 2.23. The number of ether oxygens (including phenoxy) is 2. The number of benzene rings is 3. The number of piperazine rings is 1. The lowest BCUT2D eigenvalue weighted by molar-refractivity contribution is 0.0697. The lowest BCUT2D eigenvalue weighted by Crippen LogP contribution is -2.50. The average Bonchev–Trinajstić information content (AvgIpc) is 2.91. The zero-order chi connectivity index (χ0) is 24.6. The van der Waals surface area contributed by atoms with Crippen LogP contribution in [0.4, 0.5) is 11.4 Å². The first-order chi connectivity index (χ1) is 17.1. The molecule has 3 aromatic carbocycles. The van der Waals surface area contributed by atoms with Crippen molar-refractivity contribution in [1.82, 2.24) is 4.90 Å². The zero-order valence-corrected chi connectivity index (χ0v) is 20.0. The van der Waals surface area contributed by atoms with E-state index in [4.69, 9.17) is 14.5 Å². The fourth-order valence-corrected chi connectivity index (χ4v) is 3.96. The summed E-state index contributed by atoms with van der Waals surface area (Å²) >= 11 is 0. The first-order valence-electron chi connectivity index (χ1n) is 11.5. The standard InChI is InChI=1S/C27H30N4O4/c1-34-24-7-3-5-20(17-24)19-28-27(29-22-11-9-21(10-12-22)26(32)33)31-15-13-30(14-16-31)23-6-4-8-25(18-23)35-2/h3-12,17-18H,13-16,19H2,1-2H3,(H,28,29)(H,32,33). The first kappa shape index (κ1) is 23.9. The summed E-state index contributed by atoms with van der Waals surface area (Å²) in [6.07, 6.45) is 0. The van der Waals surface area contributed by atoms with Crippen LogP contribution in [0.3, 0.4) is 0 Å². The van der Waals surface area contributed by atoms with E-state index >= 15 is 0 Å². The second-order valence-corrected chi connectivity index (χ2v) is 8.17. The SMILES string of the molecule is COc1cccc(CN=C(Nc2ccc(C(=O)O)cc2)N2CCN(c3cccc(OC)c3)CC2)c1. The van der Waals surface area contributed by atoms with Gasteiger partial charge in [0, 0.05) is 43.6 Å². The van der Waals surface area contributed by atoms with E-state index in [2.05, 4.69) is 27.2 Å². The molecule has 1 aliphatic heterocycles. The number of nitrogens with zero attached hydrogens (tertiary/aromatic N) is 3. The third-order valence-corrected chi connectivity index (χ3v) is 5.93. The van der Waals surface area contributed by atoms with Gasteiger partial charge in [0.15, 0.2) is 5.96 Å². The molecule has 8 nitrogen and oxygen atoms in total. The quantitative estimate of drug-likeness (QED) is 0.392. The van der Waals surface area contributed by atoms with Crippen molar-refractivity contribution < 1.29 is 19.4 Å². The molecule has 35 heavy (non-hydrogen) atoms. The molecule has 1 heterocycles. The molecule has 1 aliphatic rings. The van der Waals surface area contributed by atoms with Crippen molar-refractivity contribution in [3.8, 4) is 11.5 Å². The van der Waals surface area contributed by atoms with Gasteiger partial charge in [0.05, 0.1) is 26.3 Å². The van der Waals surface area contributed by atoms with Crippen LogP contribution in [0.15, 0.2) is 77.8 Å². The zero-order valence-electron chi connectivity index (χ0n) is 20.0. The number of nitrogens with one attached hydrogen (secondary N) is 1. The highest BCUT2D eigenvalue weighted by atomic mass is 16.5. The number of hydrogen-bond acceptors (Lipinski definition) is 5. The topological polar surface area (TPSA) is 86.6 Å². The van der Waals surface area contributed by atoms with Crippen LogP contribution in [0.2, 0.25) is 0 Å². The van der Waals surface area contributed by atoms with Crippen LogP contribution < -0.4 is 19.7 Å². The van der Waals surface area contributed by atoms with E-state index in [0.717, 1.165) is 60.6 Å². The van der Waals surface area contributed by atoms with E-state index in [1.54, 1.807) is 38.5 Å². The van der Waals surface area contributed by atoms with Gasteiger partial charge in [-0.1, -0.05) is 18.2 Å². The van der Waals surface area contributed by atoms with Crippen LogP contribution >= 0.6 is 0 Å². The minimum atomic E-state index is -0.947. The number of carbonyl (C=O) groups is 1. The van der Waals surface area contributed by atoms with Gasteiger partial charge in [-0.3, -0.25) is 0 Å². The number of aromatic carboxylic acids is 1. The van der Waals surface area contributed by atoms with Crippen LogP contribution in [-0.2, 0) is 6.54 Å². The molecule has 0 aromatic heterocycles. The molecule has 0 spiro atoms. The van der Waals surface area contributed by atoms with Gasteiger partial charge in [-0.25, -0.2) is 9.79 Å². The summed E-state index contributed by atoms with van der Waals surface area (Å²) in [5.41, 5.74) is 3.21. The van der Waals surface area contributed by atoms with Crippen LogP contribution in [-0.4, -0.2) is 62.3 Å². The van der Waals surface area contributed by atoms with Gasteiger partial charge in [0.2, 0.25) is 0 Å². The van der Waals surface area contributed by atoms with E-state index in [1.807, 2.05) is 36.4 Å². The molecule has 0 unspecified atom stereocenters. The minimum absolute atomic E-state index is 0.248. The molecule has 0 atom stereocenters. The second kappa shape index (κ2) is 11.3. The molecule has 1 saturated heterocycles. The maximum absolute atomic E-state index is 11.2. The number of carboxylic acids is 1. The summed E-state index contributed by atoms with van der Waals surface area (Å²) in [7, 11) is 3.33. The summed E-state index contributed by atoms with van der Waals surface area (Å²) in [4.78, 5) is 20.7. The maximum atomic E-state index is 11.2. The number of carboxylic acid groups (broad SMARTS) is 1. The molecule has 1 fully saturated rings. The summed E-state index contributed by atoms with van der Waals surface area (Å²) in [6, 6.07) is 22.7. The molecule has 8 heteroatoms. The van der Waals surface area contributed by atoms with Crippen LogP contribution in [0, 0.1) is 0 Å². The third-order valence-electron chi connectivity index (χ3n) is 5.93. The van der Waals surface area contributed by atoms with Gasteiger partial charge in [-0.2, -0.15) is 0 Å². The molecule has 0 aliphatic carbocycles. The number of guanidine groups is 1. The van der Waals surface area contributed by atoms with E-state index in [0.29, 0.717) is 6.54 Å². The second-order valence-electron chi connectivity index (χ2n) is 8.17. The first-order valence-corrected chi connectivity index (χ1v) is 11.5. The van der Waals surface area contributed by atoms with Crippen LogP contribution in [0.5, 0.6) is 11.5 Å². The normalized spacial score (nSPS) is 13.9. The molecular formula is C27H30N4O4. The summed E-state index contributed by atoms with van der Waals surface area (Å²) in [6.45, 7) is 3.74. The lowest BCUT2D eigenvalue weighted by Gasteiger charge is -2.38. The van der Waals surface area contributed by atoms with Crippen molar-refractivity contribution in [3.05, 3.63) is 83.9 Å². The smallest absolute Gasteiger partial charge is 0.335 e. The molecule has 0 amide bonds. The highest BCUT2D eigenvalue weighted by molar-refractivity contribution is 5.95. The van der Waals surface area contributed by atoms with Gasteiger partial charge in [0.25, 0.3) is 0 Å². The lowest BCUT2D eigenvalue weighted by atomic mass is 10.2. The van der Waals surface area contributed by atoms with E-state index < -0.39 is 5.97 Å². The highest BCUT2D eigenvalue weighted by Gasteiger charge is 2.21. The Bertz CT molecular complexity index is 1170. The summed E-state index contributed by atoms with van der Waals surface area (Å²) in [5.74, 6) is 1.44. The number of aliphatic imine (C=N–C) groups is 1. The van der Waals surface area contributed by atoms with Crippen molar-refractivity contribution >= 4 is 23.3 Å². The van der Waals surface area contributed by atoms with Crippen molar-refractivity contribution in [3.63, 3.8) is 0 Å². The third kappa shape index (κ3) is 6.23. The monoisotopic (exact) mass is 474 g/mol. The Kier molecular flexibility index (Phi) is 7.72. The van der Waals surface area contributed by atoms with E-state index in [9.17, 15) is 9.90 Å². The molecule has 2 N–H and O–H groups in total. The maximum Gasteiger partial charge on any atom is 0.335 e. The molecule has 0 bridgehead atoms. The number of anilines is 2. The molecule has 4 rings (SSSR count).